The van der Waals surface area contributed by atoms with Crippen molar-refractivity contribution in [2.75, 3.05) is 5.32 Å². The third kappa shape index (κ3) is 2.40. The van der Waals surface area contributed by atoms with Gasteiger partial charge in [-0.05, 0) is 13.0 Å². The van der Waals surface area contributed by atoms with E-state index < -0.39 is 0 Å². The summed E-state index contributed by atoms with van der Waals surface area (Å²) in [7, 11) is 1.73. The van der Waals surface area contributed by atoms with Crippen LogP contribution in [0.15, 0.2) is 41.6 Å². The van der Waals surface area contributed by atoms with E-state index in [0.29, 0.717) is 6.54 Å². The summed E-state index contributed by atoms with van der Waals surface area (Å²) in [5.74, 6) is 0. The number of hydrogen-bond donors (Lipinski definition) is 1. The highest BCUT2D eigenvalue weighted by Gasteiger charge is 2.01. The van der Waals surface area contributed by atoms with E-state index in [-0.39, 0.29) is 5.56 Å². The van der Waals surface area contributed by atoms with Crippen LogP contribution in [0.4, 0.5) is 5.69 Å². The van der Waals surface area contributed by atoms with E-state index in [0.717, 1.165) is 22.6 Å². The molecule has 0 bridgehead atoms. The molecule has 0 fully saturated rings. The van der Waals surface area contributed by atoms with Crippen LogP contribution < -0.4 is 10.9 Å². The van der Waals surface area contributed by atoms with Gasteiger partial charge in [0.05, 0.1) is 11.4 Å². The molecule has 6 heteroatoms. The average molecular weight is 269 g/mol. The first-order valence-corrected chi connectivity index (χ1v) is 6.33. The predicted octanol–water partition coefficient (Wildman–Crippen LogP) is 1.35. The first-order chi connectivity index (χ1) is 9.61. The molecule has 0 saturated heterocycles. The molecule has 20 heavy (non-hydrogen) atoms. The van der Waals surface area contributed by atoms with Gasteiger partial charge in [-0.15, -0.1) is 0 Å². The maximum atomic E-state index is 11.3. The molecule has 0 saturated carbocycles. The molecule has 0 spiro atoms. The van der Waals surface area contributed by atoms with E-state index in [2.05, 4.69) is 15.4 Å². The van der Waals surface area contributed by atoms with Gasteiger partial charge in [0.15, 0.2) is 5.65 Å². The van der Waals surface area contributed by atoms with E-state index in [9.17, 15) is 4.79 Å². The van der Waals surface area contributed by atoms with Crippen molar-refractivity contribution < 1.29 is 0 Å². The molecule has 3 heterocycles. The van der Waals surface area contributed by atoms with Gasteiger partial charge in [0.25, 0.3) is 0 Å². The molecule has 3 aromatic rings. The van der Waals surface area contributed by atoms with Gasteiger partial charge in [0, 0.05) is 49.9 Å². The van der Waals surface area contributed by atoms with Crippen LogP contribution >= 0.6 is 0 Å². The third-order valence-corrected chi connectivity index (χ3v) is 3.07. The topological polar surface area (TPSA) is 64.2 Å². The van der Waals surface area contributed by atoms with Crippen LogP contribution in [0, 0.1) is 6.92 Å². The van der Waals surface area contributed by atoms with Crippen molar-refractivity contribution >= 4 is 11.3 Å². The van der Waals surface area contributed by atoms with E-state index in [1.807, 2.05) is 25.4 Å². The second kappa shape index (κ2) is 4.80. The lowest BCUT2D eigenvalue weighted by molar-refractivity contribution is 0.857. The minimum Gasteiger partial charge on any atom is -0.380 e. The fourth-order valence-electron chi connectivity index (χ4n) is 2.03. The highest BCUT2D eigenvalue weighted by Crippen LogP contribution is 2.08. The molecule has 0 atom stereocenters. The second-order valence-electron chi connectivity index (χ2n) is 4.77. The van der Waals surface area contributed by atoms with Crippen LogP contribution in [-0.2, 0) is 13.6 Å². The summed E-state index contributed by atoms with van der Waals surface area (Å²) in [6.45, 7) is 2.57. The highest BCUT2D eigenvalue weighted by atomic mass is 16.1. The van der Waals surface area contributed by atoms with Crippen molar-refractivity contribution in [1.29, 1.82) is 0 Å². The van der Waals surface area contributed by atoms with E-state index in [4.69, 9.17) is 0 Å². The monoisotopic (exact) mass is 269 g/mol. The number of fused-ring (bicyclic) bond motifs is 1. The Balaban J connectivity index is 1.78. The van der Waals surface area contributed by atoms with Crippen molar-refractivity contribution in [1.82, 2.24) is 19.2 Å². The van der Waals surface area contributed by atoms with E-state index in [1.54, 1.807) is 34.5 Å². The van der Waals surface area contributed by atoms with Crippen molar-refractivity contribution in [3.05, 3.63) is 58.4 Å². The Bertz CT molecular complexity index is 818. The number of nitrogens with zero attached hydrogens (tertiary/aromatic N) is 4. The van der Waals surface area contributed by atoms with Gasteiger partial charge in [-0.25, -0.2) is 9.50 Å². The summed E-state index contributed by atoms with van der Waals surface area (Å²) in [4.78, 5) is 15.7. The first-order valence-electron chi connectivity index (χ1n) is 6.33. The Hall–Kier alpha value is -2.63. The lowest BCUT2D eigenvalue weighted by atomic mass is 10.3. The van der Waals surface area contributed by atoms with Gasteiger partial charge in [0.1, 0.15) is 0 Å². The predicted molar refractivity (Wildman–Crippen MR) is 76.7 cm³/mol. The van der Waals surface area contributed by atoms with Gasteiger partial charge in [-0.3, -0.25) is 4.79 Å². The van der Waals surface area contributed by atoms with Crippen molar-refractivity contribution in [2.24, 2.45) is 7.05 Å². The lowest BCUT2D eigenvalue weighted by Crippen LogP contribution is -2.15. The number of pyridine rings is 1. The molecule has 102 valence electrons. The second-order valence-corrected chi connectivity index (χ2v) is 4.77. The summed E-state index contributed by atoms with van der Waals surface area (Å²) in [6.07, 6.45) is 5.54. The smallest absolute Gasteiger partial charge is 0.250 e. The summed E-state index contributed by atoms with van der Waals surface area (Å²) < 4.78 is 3.31. The normalized spacial score (nSPS) is 10.9. The lowest BCUT2D eigenvalue weighted by Gasteiger charge is -2.07. The van der Waals surface area contributed by atoms with Crippen LogP contribution in [-0.4, -0.2) is 19.2 Å². The van der Waals surface area contributed by atoms with Gasteiger partial charge in [0.2, 0.25) is 5.56 Å². The zero-order valence-corrected chi connectivity index (χ0v) is 11.4. The largest absolute Gasteiger partial charge is 0.380 e. The number of nitrogens with one attached hydrogen (secondary N) is 1. The van der Waals surface area contributed by atoms with Gasteiger partial charge < -0.3 is 9.88 Å². The van der Waals surface area contributed by atoms with Crippen LogP contribution in [0.2, 0.25) is 0 Å². The SMILES string of the molecule is Cc1cc2ncc(CNc3ccc(=O)n(C)c3)cn2n1. The number of rotatable bonds is 3. The van der Waals surface area contributed by atoms with E-state index in [1.165, 1.54) is 0 Å². The summed E-state index contributed by atoms with van der Waals surface area (Å²) in [5, 5.41) is 7.60. The number of aromatic nitrogens is 4. The third-order valence-electron chi connectivity index (χ3n) is 3.07. The zero-order valence-electron chi connectivity index (χ0n) is 11.4. The quantitative estimate of drug-likeness (QED) is 0.779. The molecular weight excluding hydrogens is 254 g/mol. The van der Waals surface area contributed by atoms with Crippen LogP contribution in [0.25, 0.3) is 5.65 Å². The Labute approximate surface area is 115 Å². The fraction of sp³-hybridized carbons (Fsp3) is 0.214. The molecule has 0 radical (unpaired) electrons. The van der Waals surface area contributed by atoms with Crippen LogP contribution in [0.1, 0.15) is 11.3 Å². The number of anilines is 1. The number of aryl methyl sites for hydroxylation is 2. The summed E-state index contributed by atoms with van der Waals surface area (Å²) >= 11 is 0. The highest BCUT2D eigenvalue weighted by molar-refractivity contribution is 5.42. The molecular formula is C14H15N5O. The molecule has 0 amide bonds. The van der Waals surface area contributed by atoms with Gasteiger partial charge in [-0.2, -0.15) is 5.10 Å². The Morgan fingerprint density at radius 2 is 2.15 bits per heavy atom. The first kappa shape index (κ1) is 12.4. The Morgan fingerprint density at radius 3 is 2.95 bits per heavy atom. The molecule has 0 aromatic carbocycles. The van der Waals surface area contributed by atoms with Crippen molar-refractivity contribution in [2.45, 2.75) is 13.5 Å². The molecule has 6 nitrogen and oxygen atoms in total. The maximum absolute atomic E-state index is 11.3. The maximum Gasteiger partial charge on any atom is 0.250 e. The van der Waals surface area contributed by atoms with Crippen LogP contribution in [0.5, 0.6) is 0 Å². The van der Waals surface area contributed by atoms with Gasteiger partial charge >= 0.3 is 0 Å². The summed E-state index contributed by atoms with van der Waals surface area (Å²) in [6, 6.07) is 5.25. The molecule has 0 aliphatic rings. The van der Waals surface area contributed by atoms with Crippen LogP contribution in [0.3, 0.4) is 0 Å². The Kier molecular flexibility index (Phi) is 2.98. The van der Waals surface area contributed by atoms with Crippen molar-refractivity contribution in [3.8, 4) is 0 Å². The fourth-order valence-corrected chi connectivity index (χ4v) is 2.03. The molecule has 3 rings (SSSR count). The van der Waals surface area contributed by atoms with Gasteiger partial charge in [-0.1, -0.05) is 0 Å². The van der Waals surface area contributed by atoms with E-state index >= 15 is 0 Å². The zero-order chi connectivity index (χ0) is 14.1. The minimum absolute atomic E-state index is 0.0225. The molecule has 3 aromatic heterocycles. The van der Waals surface area contributed by atoms with Crippen molar-refractivity contribution in [3.63, 3.8) is 0 Å². The molecule has 0 unspecified atom stereocenters. The molecule has 0 aliphatic heterocycles. The molecule has 0 aliphatic carbocycles. The summed E-state index contributed by atoms with van der Waals surface area (Å²) in [5.41, 5.74) is 3.68. The minimum atomic E-state index is -0.0225. The average Bonchev–Trinajstić information content (AvgIpc) is 2.79. The standard InChI is InChI=1S/C14H15N5O/c1-10-5-13-16-7-11(8-19(13)17-10)6-15-12-3-4-14(20)18(2)9-12/h3-5,7-9,15H,6H2,1-2H3. The number of hydrogen-bond acceptors (Lipinski definition) is 4. The molecule has 1 N–H and O–H groups in total. The Morgan fingerprint density at radius 1 is 1.30 bits per heavy atom.